The molecular weight excluding hydrogens is 393 g/mol. The van der Waals surface area contributed by atoms with Gasteiger partial charge in [0.25, 0.3) is 0 Å². The number of carbonyl (C=O) groups is 2. The molecule has 2 N–H and O–H groups in total. The van der Waals surface area contributed by atoms with Crippen LogP contribution in [-0.2, 0) is 9.59 Å². The number of likely N-dealkylation sites (N-methyl/N-ethyl adjacent to an activating group) is 1. The number of aldehydes is 1. The van der Waals surface area contributed by atoms with Crippen LogP contribution >= 0.6 is 12.1 Å². The highest BCUT2D eigenvalue weighted by Crippen LogP contribution is 2.28. The summed E-state index contributed by atoms with van der Waals surface area (Å²) in [5.74, 6) is 0.0994. The van der Waals surface area contributed by atoms with Crippen LogP contribution < -0.4 is 10.1 Å². The van der Waals surface area contributed by atoms with E-state index in [1.807, 2.05) is 6.07 Å². The average Bonchev–Trinajstić information content (AvgIpc) is 3.11. The van der Waals surface area contributed by atoms with Crippen LogP contribution in [0.5, 0.6) is 5.88 Å². The van der Waals surface area contributed by atoms with Crippen molar-refractivity contribution >= 4 is 43.1 Å². The van der Waals surface area contributed by atoms with Gasteiger partial charge in [0, 0.05) is 62.4 Å². The molecule has 29 heavy (non-hydrogen) atoms. The molecule has 0 unspecified atom stereocenters. The summed E-state index contributed by atoms with van der Waals surface area (Å²) in [6.07, 6.45) is 5.18. The molecule has 1 aliphatic rings. The fourth-order valence-corrected chi connectivity index (χ4v) is 3.51. The Morgan fingerprint density at radius 3 is 2.72 bits per heavy atom. The van der Waals surface area contributed by atoms with Gasteiger partial charge in [0.1, 0.15) is 6.29 Å². The molecule has 0 atom stereocenters. The molecule has 1 aliphatic heterocycles. The molecule has 1 saturated heterocycles. The summed E-state index contributed by atoms with van der Waals surface area (Å²) < 4.78 is 9.87. The third kappa shape index (κ3) is 7.11. The average molecular weight is 417 g/mol. The number of aliphatic hydroxyl groups excluding tert-OH is 1. The van der Waals surface area contributed by atoms with Crippen LogP contribution in [0.2, 0.25) is 0 Å². The molecule has 0 aromatic carbocycles. The lowest BCUT2D eigenvalue weighted by molar-refractivity contribution is -0.118. The molecule has 1 amide bonds. The van der Waals surface area contributed by atoms with E-state index in [1.54, 1.807) is 25.4 Å². The van der Waals surface area contributed by atoms with E-state index in [2.05, 4.69) is 42.8 Å². The maximum atomic E-state index is 10.4. The second-order valence-electron chi connectivity index (χ2n) is 6.19. The molecule has 0 aliphatic carbocycles. The Balaban J connectivity index is 0.000000257. The van der Waals surface area contributed by atoms with Gasteiger partial charge < -0.3 is 24.9 Å². The zero-order valence-corrected chi connectivity index (χ0v) is 17.3. The van der Waals surface area contributed by atoms with Gasteiger partial charge >= 0.3 is 0 Å². The van der Waals surface area contributed by atoms with Gasteiger partial charge in [-0.2, -0.15) is 0 Å². The summed E-state index contributed by atoms with van der Waals surface area (Å²) in [5, 5.41) is 11.5. The van der Waals surface area contributed by atoms with Crippen molar-refractivity contribution in [2.24, 2.45) is 0 Å². The Hall–Kier alpha value is -2.50. The lowest BCUT2D eigenvalue weighted by atomic mass is 10.1. The standard InChI is InChI=1S/C13H18N4OS.C5H6BNO3/c1-15-7-9-16(10-8-15)19-17-6-4-11-12(17)3-5-14-13(11)18-2;6-4(9)3-5(10)7-1-2-8/h3-6H,7-10H2,1-2H3;2-3,9H,1H2,(H,7,10)/b;4-3-. The SMILES string of the molecule is COc1nccc2c1ccn2SN1CCN(C)CC1.[B]/C(O)=C/C(=O)NCC=O. The van der Waals surface area contributed by atoms with Crippen LogP contribution in [0.15, 0.2) is 36.3 Å². The van der Waals surface area contributed by atoms with Crippen molar-refractivity contribution in [2.45, 2.75) is 0 Å². The Morgan fingerprint density at radius 1 is 1.38 bits per heavy atom. The van der Waals surface area contributed by atoms with Gasteiger partial charge in [-0.05, 0) is 19.2 Å². The van der Waals surface area contributed by atoms with Gasteiger partial charge in [-0.1, -0.05) is 0 Å². The normalized spacial score (nSPS) is 15.4. The fourth-order valence-electron chi connectivity index (χ4n) is 2.57. The number of hydrogen-bond donors (Lipinski definition) is 2. The lowest BCUT2D eigenvalue weighted by Gasteiger charge is -2.31. The van der Waals surface area contributed by atoms with Gasteiger partial charge in [-0.25, -0.2) is 9.29 Å². The number of rotatable bonds is 6. The van der Waals surface area contributed by atoms with Crippen molar-refractivity contribution in [3.8, 4) is 5.88 Å². The van der Waals surface area contributed by atoms with E-state index < -0.39 is 11.6 Å². The molecule has 0 bridgehead atoms. The third-order valence-corrected chi connectivity index (χ3v) is 5.13. The predicted molar refractivity (Wildman–Crippen MR) is 114 cm³/mol. The number of ether oxygens (including phenoxy) is 1. The van der Waals surface area contributed by atoms with Crippen molar-refractivity contribution in [1.29, 1.82) is 0 Å². The predicted octanol–water partition coefficient (Wildman–Crippen LogP) is 0.573. The number of fused-ring (bicyclic) bond motifs is 1. The van der Waals surface area contributed by atoms with Gasteiger partial charge in [0.05, 0.1) is 24.6 Å². The van der Waals surface area contributed by atoms with Crippen molar-refractivity contribution in [3.05, 3.63) is 36.3 Å². The number of pyridine rings is 1. The van der Waals surface area contributed by atoms with Crippen molar-refractivity contribution in [1.82, 2.24) is 23.5 Å². The Bertz CT molecular complexity index is 848. The van der Waals surface area contributed by atoms with Crippen LogP contribution in [0, 0.1) is 0 Å². The molecule has 2 radical (unpaired) electrons. The largest absolute Gasteiger partial charge is 0.524 e. The molecule has 0 spiro atoms. The topological polar surface area (TPSA) is 99.9 Å². The summed E-state index contributed by atoms with van der Waals surface area (Å²) >= 11 is 1.76. The van der Waals surface area contributed by atoms with Gasteiger partial charge in [0.15, 0.2) is 7.85 Å². The minimum atomic E-state index is -0.591. The molecule has 1 fully saturated rings. The Labute approximate surface area is 175 Å². The smallest absolute Gasteiger partial charge is 0.246 e. The van der Waals surface area contributed by atoms with Crippen molar-refractivity contribution in [2.75, 3.05) is 46.9 Å². The van der Waals surface area contributed by atoms with E-state index in [-0.39, 0.29) is 6.54 Å². The zero-order valence-electron chi connectivity index (χ0n) is 16.4. The molecule has 9 nitrogen and oxygen atoms in total. The summed E-state index contributed by atoms with van der Waals surface area (Å²) in [6, 6.07) is 4.09. The minimum absolute atomic E-state index is 0.0807. The van der Waals surface area contributed by atoms with E-state index >= 15 is 0 Å². The first kappa shape index (κ1) is 22.8. The molecule has 3 rings (SSSR count). The van der Waals surface area contributed by atoms with E-state index in [4.69, 9.17) is 17.7 Å². The number of aromatic nitrogens is 2. The number of amides is 1. The number of nitrogens with one attached hydrogen (secondary N) is 1. The molecule has 0 saturated carbocycles. The highest BCUT2D eigenvalue weighted by molar-refractivity contribution is 7.95. The monoisotopic (exact) mass is 417 g/mol. The highest BCUT2D eigenvalue weighted by Gasteiger charge is 2.16. The molecule has 154 valence electrons. The van der Waals surface area contributed by atoms with E-state index in [0.717, 1.165) is 43.2 Å². The van der Waals surface area contributed by atoms with Crippen LogP contribution in [-0.4, -0.2) is 90.2 Å². The first-order chi connectivity index (χ1) is 13.9. The zero-order chi connectivity index (χ0) is 21.2. The first-order valence-corrected chi connectivity index (χ1v) is 9.67. The summed E-state index contributed by atoms with van der Waals surface area (Å²) in [7, 11) is 8.56. The second-order valence-corrected chi connectivity index (χ2v) is 7.26. The first-order valence-electron chi connectivity index (χ1n) is 8.94. The number of methoxy groups -OCH3 is 1. The molecular formula is C18H24BN5O4S. The van der Waals surface area contributed by atoms with Crippen molar-refractivity contribution < 1.29 is 19.4 Å². The van der Waals surface area contributed by atoms with Gasteiger partial charge in [-0.15, -0.1) is 0 Å². The molecule has 11 heteroatoms. The third-order valence-electron chi connectivity index (χ3n) is 4.04. The molecule has 2 aromatic rings. The van der Waals surface area contributed by atoms with Crippen LogP contribution in [0.3, 0.4) is 0 Å². The number of nitrogens with zero attached hydrogens (tertiary/aromatic N) is 4. The number of hydrogen-bond acceptors (Lipinski definition) is 8. The van der Waals surface area contributed by atoms with Crippen LogP contribution in [0.4, 0.5) is 0 Å². The maximum Gasteiger partial charge on any atom is 0.246 e. The van der Waals surface area contributed by atoms with Crippen LogP contribution in [0.1, 0.15) is 0 Å². The highest BCUT2D eigenvalue weighted by atomic mass is 32.2. The lowest BCUT2D eigenvalue weighted by Crippen LogP contribution is -2.41. The summed E-state index contributed by atoms with van der Waals surface area (Å²) in [5.41, 5.74) is 0.569. The number of carbonyl (C=O) groups excluding carboxylic acids is 2. The van der Waals surface area contributed by atoms with Crippen molar-refractivity contribution in [3.63, 3.8) is 0 Å². The maximum absolute atomic E-state index is 10.4. The van der Waals surface area contributed by atoms with Gasteiger partial charge in [0.2, 0.25) is 11.8 Å². The van der Waals surface area contributed by atoms with E-state index in [9.17, 15) is 9.59 Å². The van der Waals surface area contributed by atoms with Gasteiger partial charge in [-0.3, -0.25) is 8.77 Å². The molecule has 2 aromatic heterocycles. The summed E-state index contributed by atoms with van der Waals surface area (Å²) in [4.78, 5) is 26.7. The quantitative estimate of drug-likeness (QED) is 0.232. The Morgan fingerprint density at radius 2 is 2.10 bits per heavy atom. The minimum Gasteiger partial charge on any atom is -0.524 e. The summed E-state index contributed by atoms with van der Waals surface area (Å²) in [6.45, 7) is 4.34. The molecule has 3 heterocycles. The second kappa shape index (κ2) is 11.5. The van der Waals surface area contributed by atoms with Crippen LogP contribution in [0.25, 0.3) is 10.9 Å². The number of piperazine rings is 1. The number of aliphatic hydroxyl groups is 1. The Kier molecular flexibility index (Phi) is 9.03. The van der Waals surface area contributed by atoms with E-state index in [0.29, 0.717) is 12.2 Å². The van der Waals surface area contributed by atoms with E-state index in [1.165, 1.54) is 0 Å². The fraction of sp³-hybridized carbons (Fsp3) is 0.389.